The van der Waals surface area contributed by atoms with Crippen LogP contribution in [-0.2, 0) is 6.42 Å². The molecule has 17 heavy (non-hydrogen) atoms. The molecule has 0 fully saturated rings. The van der Waals surface area contributed by atoms with Crippen molar-refractivity contribution in [2.45, 2.75) is 19.3 Å². The molecular weight excluding hydrogens is 237 g/mol. The lowest BCUT2D eigenvalue weighted by molar-refractivity contribution is 0.274. The fourth-order valence-electron chi connectivity index (χ4n) is 1.53. The number of aliphatic hydroxyl groups is 1. The largest absolute Gasteiger partial charge is 0.396 e. The second-order valence-electron chi connectivity index (χ2n) is 4.01. The van der Waals surface area contributed by atoms with E-state index in [9.17, 15) is 4.39 Å². The Kier molecular flexibility index (Phi) is 3.86. The van der Waals surface area contributed by atoms with Gasteiger partial charge in [0, 0.05) is 23.4 Å². The predicted octanol–water partition coefficient (Wildman–Crippen LogP) is 2.97. The van der Waals surface area contributed by atoms with E-state index >= 15 is 0 Å². The number of aromatic nitrogens is 1. The van der Waals surface area contributed by atoms with Crippen molar-refractivity contribution in [1.29, 1.82) is 0 Å². The highest BCUT2D eigenvalue weighted by atomic mass is 32.1. The van der Waals surface area contributed by atoms with Crippen molar-refractivity contribution in [3.8, 4) is 0 Å². The van der Waals surface area contributed by atoms with Gasteiger partial charge in [0.05, 0.1) is 11.6 Å². The van der Waals surface area contributed by atoms with Crippen LogP contribution in [0.2, 0.25) is 0 Å². The number of hydrogen-bond acceptors (Lipinski definition) is 3. The lowest BCUT2D eigenvalue weighted by atomic mass is 10.1. The first-order chi connectivity index (χ1) is 8.20. The average Bonchev–Trinajstić information content (AvgIpc) is 2.80. The maximum Gasteiger partial charge on any atom is 0.126 e. The summed E-state index contributed by atoms with van der Waals surface area (Å²) < 4.78 is 13.4. The number of rotatable bonds is 4. The van der Waals surface area contributed by atoms with Gasteiger partial charge in [0.2, 0.25) is 0 Å². The van der Waals surface area contributed by atoms with E-state index in [1.165, 1.54) is 17.4 Å². The molecule has 0 aliphatic heterocycles. The summed E-state index contributed by atoms with van der Waals surface area (Å²) in [7, 11) is 0. The van der Waals surface area contributed by atoms with E-state index in [1.54, 1.807) is 18.3 Å². The molecule has 2 aromatic rings. The van der Waals surface area contributed by atoms with Gasteiger partial charge in [-0.25, -0.2) is 9.37 Å². The Hall–Kier alpha value is -1.26. The second-order valence-corrected chi connectivity index (χ2v) is 5.15. The fraction of sp³-hybridized carbons (Fsp3) is 0.308. The van der Waals surface area contributed by atoms with Crippen molar-refractivity contribution in [1.82, 2.24) is 4.98 Å². The van der Waals surface area contributed by atoms with Crippen molar-refractivity contribution < 1.29 is 9.50 Å². The highest BCUT2D eigenvalue weighted by Crippen LogP contribution is 2.24. The Morgan fingerprint density at radius 2 is 2.18 bits per heavy atom. The Morgan fingerprint density at radius 3 is 2.88 bits per heavy atom. The molecule has 1 unspecified atom stereocenters. The number of hydrogen-bond donors (Lipinski definition) is 1. The van der Waals surface area contributed by atoms with Crippen LogP contribution in [0.15, 0.2) is 30.5 Å². The van der Waals surface area contributed by atoms with E-state index in [2.05, 4.69) is 4.98 Å². The molecule has 1 aromatic carbocycles. The van der Waals surface area contributed by atoms with Crippen LogP contribution in [0.1, 0.15) is 28.3 Å². The zero-order valence-corrected chi connectivity index (χ0v) is 10.4. The summed E-state index contributed by atoms with van der Waals surface area (Å²) in [6, 6.07) is 6.73. The van der Waals surface area contributed by atoms with Gasteiger partial charge < -0.3 is 5.11 Å². The molecule has 0 spiro atoms. The Morgan fingerprint density at radius 1 is 1.41 bits per heavy atom. The van der Waals surface area contributed by atoms with Crippen LogP contribution in [0.5, 0.6) is 0 Å². The zero-order valence-electron chi connectivity index (χ0n) is 9.56. The van der Waals surface area contributed by atoms with Crippen LogP contribution < -0.4 is 0 Å². The number of aliphatic hydroxyl groups excluding tert-OH is 1. The standard InChI is InChI=1S/C13H14FNOS/c1-9(8-16)12-7-15-13(17-12)6-10-4-2-3-5-11(10)14/h2-5,7,9,16H,6,8H2,1H3. The SMILES string of the molecule is CC(CO)c1cnc(Cc2ccccc2F)s1. The molecule has 90 valence electrons. The normalized spacial score (nSPS) is 12.6. The van der Waals surface area contributed by atoms with Gasteiger partial charge in [-0.05, 0) is 11.6 Å². The highest BCUT2D eigenvalue weighted by molar-refractivity contribution is 7.11. The summed E-state index contributed by atoms with van der Waals surface area (Å²) >= 11 is 1.53. The molecular formula is C13H14FNOS. The first-order valence-electron chi connectivity index (χ1n) is 5.49. The summed E-state index contributed by atoms with van der Waals surface area (Å²) in [5.74, 6) is -0.0960. The summed E-state index contributed by atoms with van der Waals surface area (Å²) in [5, 5.41) is 9.93. The van der Waals surface area contributed by atoms with Gasteiger partial charge >= 0.3 is 0 Å². The van der Waals surface area contributed by atoms with E-state index in [0.29, 0.717) is 12.0 Å². The predicted molar refractivity (Wildman–Crippen MR) is 66.8 cm³/mol. The van der Waals surface area contributed by atoms with Gasteiger partial charge in [-0.1, -0.05) is 25.1 Å². The molecule has 4 heteroatoms. The Labute approximate surface area is 104 Å². The van der Waals surface area contributed by atoms with Crippen LogP contribution in [0, 0.1) is 5.82 Å². The first-order valence-corrected chi connectivity index (χ1v) is 6.31. The van der Waals surface area contributed by atoms with Crippen molar-refractivity contribution in [3.63, 3.8) is 0 Å². The molecule has 1 heterocycles. The van der Waals surface area contributed by atoms with Crippen LogP contribution in [0.25, 0.3) is 0 Å². The quantitative estimate of drug-likeness (QED) is 0.906. The lowest BCUT2D eigenvalue weighted by Gasteiger charge is -2.02. The van der Waals surface area contributed by atoms with Crippen LogP contribution in [0.3, 0.4) is 0 Å². The van der Waals surface area contributed by atoms with Gasteiger partial charge in [-0.3, -0.25) is 0 Å². The Balaban J connectivity index is 2.14. The smallest absolute Gasteiger partial charge is 0.126 e. The van der Waals surface area contributed by atoms with Gasteiger partial charge in [0.15, 0.2) is 0 Å². The average molecular weight is 251 g/mol. The lowest BCUT2D eigenvalue weighted by Crippen LogP contribution is -1.94. The molecule has 1 N–H and O–H groups in total. The maximum atomic E-state index is 13.4. The van der Waals surface area contributed by atoms with E-state index in [-0.39, 0.29) is 18.3 Å². The monoisotopic (exact) mass is 251 g/mol. The summed E-state index contributed by atoms with van der Waals surface area (Å²) in [4.78, 5) is 5.30. The van der Waals surface area contributed by atoms with Crippen molar-refractivity contribution >= 4 is 11.3 Å². The van der Waals surface area contributed by atoms with E-state index in [1.807, 2.05) is 13.0 Å². The minimum atomic E-state index is -0.195. The van der Waals surface area contributed by atoms with Crippen molar-refractivity contribution in [2.24, 2.45) is 0 Å². The molecule has 1 aromatic heterocycles. The molecule has 0 saturated carbocycles. The van der Waals surface area contributed by atoms with Crippen molar-refractivity contribution in [2.75, 3.05) is 6.61 Å². The van der Waals surface area contributed by atoms with Crippen LogP contribution >= 0.6 is 11.3 Å². The number of thiazole rings is 1. The molecule has 0 radical (unpaired) electrons. The van der Waals surface area contributed by atoms with Crippen LogP contribution in [-0.4, -0.2) is 16.7 Å². The van der Waals surface area contributed by atoms with Gasteiger partial charge in [-0.15, -0.1) is 11.3 Å². The minimum absolute atomic E-state index is 0.0990. The molecule has 0 saturated heterocycles. The molecule has 0 aliphatic rings. The molecule has 1 atom stereocenters. The van der Waals surface area contributed by atoms with Gasteiger partial charge in [0.25, 0.3) is 0 Å². The van der Waals surface area contributed by atoms with E-state index in [0.717, 1.165) is 9.88 Å². The molecule has 2 rings (SSSR count). The summed E-state index contributed by atoms with van der Waals surface area (Å²) in [6.07, 6.45) is 2.28. The second kappa shape index (κ2) is 5.38. The molecule has 0 bridgehead atoms. The van der Waals surface area contributed by atoms with Gasteiger partial charge in [-0.2, -0.15) is 0 Å². The fourth-order valence-corrected chi connectivity index (χ4v) is 2.51. The third-order valence-corrected chi connectivity index (χ3v) is 3.86. The van der Waals surface area contributed by atoms with E-state index < -0.39 is 0 Å². The van der Waals surface area contributed by atoms with Gasteiger partial charge in [0.1, 0.15) is 5.82 Å². The first kappa shape index (κ1) is 12.2. The maximum absolute atomic E-state index is 13.4. The number of nitrogens with zero attached hydrogens (tertiary/aromatic N) is 1. The van der Waals surface area contributed by atoms with E-state index in [4.69, 9.17) is 5.11 Å². The molecule has 0 amide bonds. The van der Waals surface area contributed by atoms with Crippen LogP contribution in [0.4, 0.5) is 4.39 Å². The highest BCUT2D eigenvalue weighted by Gasteiger charge is 2.10. The third kappa shape index (κ3) is 2.90. The summed E-state index contributed by atoms with van der Waals surface area (Å²) in [5.41, 5.74) is 0.657. The summed E-state index contributed by atoms with van der Waals surface area (Å²) in [6.45, 7) is 2.06. The Bertz CT molecular complexity index is 498. The topological polar surface area (TPSA) is 33.1 Å². The third-order valence-electron chi connectivity index (χ3n) is 2.63. The zero-order chi connectivity index (χ0) is 12.3. The van der Waals surface area contributed by atoms with Crippen molar-refractivity contribution in [3.05, 3.63) is 51.7 Å². The molecule has 2 nitrogen and oxygen atoms in total. The molecule has 0 aliphatic carbocycles. The number of halogens is 1. The number of benzene rings is 1. The minimum Gasteiger partial charge on any atom is -0.396 e.